The van der Waals surface area contributed by atoms with Gasteiger partial charge < -0.3 is 14.0 Å². The Morgan fingerprint density at radius 3 is 2.50 bits per heavy atom. The summed E-state index contributed by atoms with van der Waals surface area (Å²) < 4.78 is 13.5. The maximum Gasteiger partial charge on any atom is 0.133 e. The molecule has 4 nitrogen and oxygen atoms in total. The van der Waals surface area contributed by atoms with Crippen molar-refractivity contribution in [1.29, 1.82) is 0 Å². The number of imidazole rings is 1. The number of fused-ring (bicyclic) bond motifs is 1. The van der Waals surface area contributed by atoms with E-state index in [-0.39, 0.29) is 0 Å². The van der Waals surface area contributed by atoms with E-state index in [9.17, 15) is 0 Å². The van der Waals surface area contributed by atoms with Gasteiger partial charge in [-0.25, -0.2) is 4.98 Å². The molecule has 32 heavy (non-hydrogen) atoms. The second-order valence-electron chi connectivity index (χ2n) is 8.04. The number of unbranched alkanes of at least 4 members (excludes halogenated alkanes) is 1. The van der Waals surface area contributed by atoms with Gasteiger partial charge in [0.05, 0.1) is 24.8 Å². The standard InChI is InChI=1S/C28H30N2O2/c1-21-10-16-27(22(2)20-21)32-19-7-6-18-30-26-9-5-4-8-25(26)29-28(30)17-13-23-11-14-24(31-3)15-12-23/h4-5,8-17,20H,6-7,18-19H2,1-3H3/b17-13+. The zero-order valence-corrected chi connectivity index (χ0v) is 19.0. The molecule has 0 unspecified atom stereocenters. The van der Waals surface area contributed by atoms with Gasteiger partial charge in [-0.2, -0.15) is 0 Å². The highest BCUT2D eigenvalue weighted by molar-refractivity contribution is 5.79. The van der Waals surface area contributed by atoms with Gasteiger partial charge in [-0.1, -0.05) is 48.0 Å². The quantitative estimate of drug-likeness (QED) is 0.280. The number of rotatable bonds is 9. The molecular formula is C28H30N2O2. The minimum absolute atomic E-state index is 0.716. The van der Waals surface area contributed by atoms with Gasteiger partial charge >= 0.3 is 0 Å². The fourth-order valence-corrected chi connectivity index (χ4v) is 3.86. The summed E-state index contributed by atoms with van der Waals surface area (Å²) >= 11 is 0. The maximum absolute atomic E-state index is 6.00. The molecule has 0 bridgehead atoms. The second kappa shape index (κ2) is 10.2. The molecule has 0 N–H and O–H groups in total. The molecule has 0 aliphatic heterocycles. The highest BCUT2D eigenvalue weighted by Crippen LogP contribution is 2.21. The van der Waals surface area contributed by atoms with Crippen LogP contribution in [0.5, 0.6) is 11.5 Å². The fraction of sp³-hybridized carbons (Fsp3) is 0.250. The Balaban J connectivity index is 1.42. The third-order valence-corrected chi connectivity index (χ3v) is 5.59. The molecule has 0 radical (unpaired) electrons. The summed E-state index contributed by atoms with van der Waals surface area (Å²) in [6, 6.07) is 22.7. The van der Waals surface area contributed by atoms with Crippen molar-refractivity contribution in [3.8, 4) is 11.5 Å². The third-order valence-electron chi connectivity index (χ3n) is 5.59. The van der Waals surface area contributed by atoms with E-state index in [0.29, 0.717) is 6.61 Å². The fourth-order valence-electron chi connectivity index (χ4n) is 3.86. The second-order valence-corrected chi connectivity index (χ2v) is 8.04. The van der Waals surface area contributed by atoms with Crippen LogP contribution in [0, 0.1) is 13.8 Å². The van der Waals surface area contributed by atoms with Crippen molar-refractivity contribution < 1.29 is 9.47 Å². The van der Waals surface area contributed by atoms with E-state index in [4.69, 9.17) is 14.5 Å². The van der Waals surface area contributed by atoms with Gasteiger partial charge in [-0.3, -0.25) is 0 Å². The van der Waals surface area contributed by atoms with E-state index in [2.05, 4.69) is 67.0 Å². The number of benzene rings is 3. The SMILES string of the molecule is COc1ccc(/C=C/c2nc3ccccc3n2CCCCOc2ccc(C)cc2C)cc1. The van der Waals surface area contributed by atoms with Gasteiger partial charge in [0, 0.05) is 6.54 Å². The maximum atomic E-state index is 6.00. The Morgan fingerprint density at radius 2 is 1.72 bits per heavy atom. The molecule has 0 aliphatic carbocycles. The van der Waals surface area contributed by atoms with E-state index in [0.717, 1.165) is 53.3 Å². The Hall–Kier alpha value is -3.53. The molecule has 0 fully saturated rings. The van der Waals surface area contributed by atoms with Crippen LogP contribution in [0.4, 0.5) is 0 Å². The van der Waals surface area contributed by atoms with Gasteiger partial charge in [0.15, 0.2) is 0 Å². The molecule has 164 valence electrons. The summed E-state index contributed by atoms with van der Waals surface area (Å²) in [5.41, 5.74) is 5.76. The largest absolute Gasteiger partial charge is 0.497 e. The molecule has 0 saturated carbocycles. The van der Waals surface area contributed by atoms with E-state index in [1.54, 1.807) is 7.11 Å². The van der Waals surface area contributed by atoms with Gasteiger partial charge in [0.25, 0.3) is 0 Å². The van der Waals surface area contributed by atoms with Crippen LogP contribution < -0.4 is 9.47 Å². The lowest BCUT2D eigenvalue weighted by atomic mass is 10.1. The summed E-state index contributed by atoms with van der Waals surface area (Å²) in [6.45, 7) is 5.82. The average molecular weight is 427 g/mol. The van der Waals surface area contributed by atoms with Crippen LogP contribution in [0.2, 0.25) is 0 Å². The first-order valence-corrected chi connectivity index (χ1v) is 11.1. The highest BCUT2D eigenvalue weighted by atomic mass is 16.5. The summed E-state index contributed by atoms with van der Waals surface area (Å²) in [4.78, 5) is 4.85. The minimum Gasteiger partial charge on any atom is -0.497 e. The Labute approximate surface area is 190 Å². The molecule has 0 atom stereocenters. The van der Waals surface area contributed by atoms with Gasteiger partial charge in [0.1, 0.15) is 17.3 Å². The van der Waals surface area contributed by atoms with Crippen molar-refractivity contribution >= 4 is 23.2 Å². The predicted molar refractivity (Wildman–Crippen MR) is 132 cm³/mol. The average Bonchev–Trinajstić information content (AvgIpc) is 3.16. The smallest absolute Gasteiger partial charge is 0.133 e. The lowest BCUT2D eigenvalue weighted by molar-refractivity contribution is 0.301. The molecule has 1 heterocycles. The van der Waals surface area contributed by atoms with Crippen LogP contribution >= 0.6 is 0 Å². The first-order valence-electron chi connectivity index (χ1n) is 11.1. The van der Waals surface area contributed by atoms with E-state index in [1.165, 1.54) is 11.1 Å². The molecule has 0 aliphatic rings. The monoisotopic (exact) mass is 426 g/mol. The molecule has 4 heteroatoms. The number of aryl methyl sites for hydroxylation is 3. The number of ether oxygens (including phenoxy) is 2. The van der Waals surface area contributed by atoms with Crippen LogP contribution in [0.25, 0.3) is 23.2 Å². The molecule has 0 amide bonds. The number of nitrogens with zero attached hydrogens (tertiary/aromatic N) is 2. The van der Waals surface area contributed by atoms with Crippen LogP contribution in [-0.2, 0) is 6.54 Å². The number of para-hydroxylation sites is 2. The number of hydrogen-bond donors (Lipinski definition) is 0. The zero-order valence-electron chi connectivity index (χ0n) is 19.0. The van der Waals surface area contributed by atoms with Crippen LogP contribution in [0.15, 0.2) is 66.7 Å². The van der Waals surface area contributed by atoms with Crippen molar-refractivity contribution in [2.45, 2.75) is 33.2 Å². The van der Waals surface area contributed by atoms with Gasteiger partial charge in [-0.05, 0) is 74.2 Å². The zero-order chi connectivity index (χ0) is 22.3. The van der Waals surface area contributed by atoms with Gasteiger partial charge in [0.2, 0.25) is 0 Å². The Bertz CT molecular complexity index is 1210. The highest BCUT2D eigenvalue weighted by Gasteiger charge is 2.08. The van der Waals surface area contributed by atoms with Crippen LogP contribution in [0.1, 0.15) is 35.4 Å². The molecule has 4 aromatic rings. The first kappa shape index (κ1) is 21.7. The molecule has 3 aromatic carbocycles. The van der Waals surface area contributed by atoms with Crippen LogP contribution in [0.3, 0.4) is 0 Å². The van der Waals surface area contributed by atoms with E-state index < -0.39 is 0 Å². The topological polar surface area (TPSA) is 36.3 Å². The summed E-state index contributed by atoms with van der Waals surface area (Å²) in [5.74, 6) is 2.81. The molecular weight excluding hydrogens is 396 g/mol. The first-order chi connectivity index (χ1) is 15.6. The van der Waals surface area contributed by atoms with Crippen molar-refractivity contribution in [2.75, 3.05) is 13.7 Å². The van der Waals surface area contributed by atoms with E-state index >= 15 is 0 Å². The minimum atomic E-state index is 0.716. The van der Waals surface area contributed by atoms with Crippen molar-refractivity contribution in [3.63, 3.8) is 0 Å². The Morgan fingerprint density at radius 1 is 0.906 bits per heavy atom. The molecule has 4 rings (SSSR count). The number of hydrogen-bond acceptors (Lipinski definition) is 3. The molecule has 0 saturated heterocycles. The molecule has 0 spiro atoms. The third kappa shape index (κ3) is 5.20. The summed E-state index contributed by atoms with van der Waals surface area (Å²) in [6.07, 6.45) is 6.20. The van der Waals surface area contributed by atoms with Crippen molar-refractivity contribution in [2.24, 2.45) is 0 Å². The molecule has 1 aromatic heterocycles. The van der Waals surface area contributed by atoms with Crippen molar-refractivity contribution in [3.05, 3.63) is 89.2 Å². The predicted octanol–water partition coefficient (Wildman–Crippen LogP) is 6.69. The normalized spacial score (nSPS) is 11.3. The lowest BCUT2D eigenvalue weighted by Gasteiger charge is -2.11. The van der Waals surface area contributed by atoms with Crippen molar-refractivity contribution in [1.82, 2.24) is 9.55 Å². The van der Waals surface area contributed by atoms with Gasteiger partial charge in [-0.15, -0.1) is 0 Å². The Kier molecular flexibility index (Phi) is 6.90. The van der Waals surface area contributed by atoms with E-state index in [1.807, 2.05) is 30.3 Å². The number of methoxy groups -OCH3 is 1. The lowest BCUT2D eigenvalue weighted by Crippen LogP contribution is -2.04. The summed E-state index contributed by atoms with van der Waals surface area (Å²) in [7, 11) is 1.68. The van der Waals surface area contributed by atoms with Crippen LogP contribution in [-0.4, -0.2) is 23.3 Å². The number of aromatic nitrogens is 2. The summed E-state index contributed by atoms with van der Waals surface area (Å²) in [5, 5.41) is 0.